The summed E-state index contributed by atoms with van der Waals surface area (Å²) in [7, 11) is 0. The number of esters is 1. The van der Waals surface area contributed by atoms with Crippen molar-refractivity contribution in [1.82, 2.24) is 5.32 Å². The van der Waals surface area contributed by atoms with E-state index in [0.29, 0.717) is 12.4 Å². The van der Waals surface area contributed by atoms with Crippen LogP contribution in [0.25, 0.3) is 0 Å². The van der Waals surface area contributed by atoms with Gasteiger partial charge in [0.05, 0.1) is 6.61 Å². The molecule has 1 aliphatic carbocycles. The van der Waals surface area contributed by atoms with Crippen molar-refractivity contribution in [2.24, 2.45) is 0 Å². The summed E-state index contributed by atoms with van der Waals surface area (Å²) >= 11 is 0. The van der Waals surface area contributed by atoms with Crippen molar-refractivity contribution in [1.29, 1.82) is 0 Å². The minimum atomic E-state index is -0.446. The summed E-state index contributed by atoms with van der Waals surface area (Å²) in [5.41, 5.74) is 2.67. The topological polar surface area (TPSA) is 64.6 Å². The standard InChI is InChI=1S/C15H19NO4/c1-2-19-15(18)9-16-14(17)10-20-13-7-6-11-4-3-5-12(11)8-13/h6-8H,2-5,9-10H2,1H3,(H,16,17). The molecule has 0 spiro atoms. The van der Waals surface area contributed by atoms with Crippen molar-refractivity contribution >= 4 is 11.9 Å². The SMILES string of the molecule is CCOC(=O)CNC(=O)COc1ccc2c(c1)CCC2. The number of carbonyl (C=O) groups excluding carboxylic acids is 2. The van der Waals surface area contributed by atoms with Crippen LogP contribution < -0.4 is 10.1 Å². The molecule has 1 aromatic rings. The van der Waals surface area contributed by atoms with Gasteiger partial charge >= 0.3 is 5.97 Å². The number of hydrogen-bond donors (Lipinski definition) is 1. The molecule has 1 aliphatic rings. The molecule has 20 heavy (non-hydrogen) atoms. The average molecular weight is 277 g/mol. The van der Waals surface area contributed by atoms with Gasteiger partial charge in [0, 0.05) is 0 Å². The van der Waals surface area contributed by atoms with Crippen molar-refractivity contribution in [2.75, 3.05) is 19.8 Å². The van der Waals surface area contributed by atoms with Crippen LogP contribution in [0.2, 0.25) is 0 Å². The van der Waals surface area contributed by atoms with Gasteiger partial charge in [-0.25, -0.2) is 0 Å². The number of benzene rings is 1. The van der Waals surface area contributed by atoms with Crippen molar-refractivity contribution < 1.29 is 19.1 Å². The molecule has 0 saturated heterocycles. The molecule has 108 valence electrons. The average Bonchev–Trinajstić information content (AvgIpc) is 2.90. The zero-order valence-corrected chi connectivity index (χ0v) is 11.6. The molecule has 0 aliphatic heterocycles. The van der Waals surface area contributed by atoms with Gasteiger partial charge in [-0.2, -0.15) is 0 Å². The van der Waals surface area contributed by atoms with Crippen LogP contribution in [0.15, 0.2) is 18.2 Å². The zero-order valence-electron chi connectivity index (χ0n) is 11.6. The van der Waals surface area contributed by atoms with Gasteiger partial charge in [-0.05, 0) is 49.4 Å². The first kappa shape index (κ1) is 14.4. The third kappa shape index (κ3) is 3.98. The first-order chi connectivity index (χ1) is 9.69. The molecule has 1 aromatic carbocycles. The lowest BCUT2D eigenvalue weighted by Gasteiger charge is -2.08. The van der Waals surface area contributed by atoms with Crippen LogP contribution in [0, 0.1) is 0 Å². The maximum atomic E-state index is 11.5. The highest BCUT2D eigenvalue weighted by atomic mass is 16.5. The molecular weight excluding hydrogens is 258 g/mol. The summed E-state index contributed by atoms with van der Waals surface area (Å²) in [4.78, 5) is 22.6. The molecule has 5 nitrogen and oxygen atoms in total. The van der Waals surface area contributed by atoms with E-state index in [-0.39, 0.29) is 19.1 Å². The van der Waals surface area contributed by atoms with Crippen LogP contribution >= 0.6 is 0 Å². The third-order valence-corrected chi connectivity index (χ3v) is 3.18. The third-order valence-electron chi connectivity index (χ3n) is 3.18. The van der Waals surface area contributed by atoms with Crippen LogP contribution in [0.4, 0.5) is 0 Å². The Labute approximate surface area is 118 Å². The van der Waals surface area contributed by atoms with Gasteiger partial charge in [0.15, 0.2) is 6.61 Å². The molecule has 5 heteroatoms. The number of hydrogen-bond acceptors (Lipinski definition) is 4. The lowest BCUT2D eigenvalue weighted by Crippen LogP contribution is -2.34. The smallest absolute Gasteiger partial charge is 0.325 e. The van der Waals surface area contributed by atoms with Crippen molar-refractivity contribution in [3.05, 3.63) is 29.3 Å². The van der Waals surface area contributed by atoms with Gasteiger partial charge in [0.1, 0.15) is 12.3 Å². The van der Waals surface area contributed by atoms with E-state index < -0.39 is 5.97 Å². The fraction of sp³-hybridized carbons (Fsp3) is 0.467. The normalized spacial score (nSPS) is 12.7. The monoisotopic (exact) mass is 277 g/mol. The molecule has 0 bridgehead atoms. The molecule has 0 unspecified atom stereocenters. The van der Waals surface area contributed by atoms with E-state index in [1.54, 1.807) is 6.92 Å². The summed E-state index contributed by atoms with van der Waals surface area (Å²) < 4.78 is 10.1. The Morgan fingerprint density at radius 3 is 2.85 bits per heavy atom. The summed E-state index contributed by atoms with van der Waals surface area (Å²) in [6.07, 6.45) is 3.37. The second kappa shape index (κ2) is 6.93. The first-order valence-electron chi connectivity index (χ1n) is 6.86. The van der Waals surface area contributed by atoms with Gasteiger partial charge in [0.25, 0.3) is 5.91 Å². The lowest BCUT2D eigenvalue weighted by atomic mass is 10.1. The van der Waals surface area contributed by atoms with Crippen LogP contribution in [0.1, 0.15) is 24.5 Å². The molecule has 0 atom stereocenters. The molecular formula is C15H19NO4. The van der Waals surface area contributed by atoms with E-state index >= 15 is 0 Å². The Balaban J connectivity index is 1.74. The molecule has 0 heterocycles. The van der Waals surface area contributed by atoms with Gasteiger partial charge < -0.3 is 14.8 Å². The predicted octanol–water partition coefficient (Wildman–Crippen LogP) is 1.23. The summed E-state index contributed by atoms with van der Waals surface area (Å²) in [6, 6.07) is 5.91. The number of aryl methyl sites for hydroxylation is 2. The number of nitrogens with one attached hydrogen (secondary N) is 1. The molecule has 1 N–H and O–H groups in total. The molecule has 2 rings (SSSR count). The number of fused-ring (bicyclic) bond motifs is 1. The molecule has 1 amide bonds. The number of amides is 1. The number of carbonyl (C=O) groups is 2. The zero-order chi connectivity index (χ0) is 14.4. The second-order valence-corrected chi connectivity index (χ2v) is 4.65. The van der Waals surface area contributed by atoms with Crippen LogP contribution in [0.3, 0.4) is 0 Å². The largest absolute Gasteiger partial charge is 0.484 e. The van der Waals surface area contributed by atoms with Crippen molar-refractivity contribution in [2.45, 2.75) is 26.2 Å². The predicted molar refractivity (Wildman–Crippen MR) is 73.6 cm³/mol. The van der Waals surface area contributed by atoms with E-state index in [1.807, 2.05) is 18.2 Å². The fourth-order valence-electron chi connectivity index (χ4n) is 2.22. The Morgan fingerprint density at radius 2 is 2.05 bits per heavy atom. The minimum Gasteiger partial charge on any atom is -0.484 e. The van der Waals surface area contributed by atoms with Gasteiger partial charge in [-0.15, -0.1) is 0 Å². The highest BCUT2D eigenvalue weighted by molar-refractivity contribution is 5.82. The van der Waals surface area contributed by atoms with E-state index in [9.17, 15) is 9.59 Å². The van der Waals surface area contributed by atoms with Gasteiger partial charge in [-0.3, -0.25) is 9.59 Å². The molecule has 0 aromatic heterocycles. The Kier molecular flexibility index (Phi) is 4.98. The highest BCUT2D eigenvalue weighted by Crippen LogP contribution is 2.25. The van der Waals surface area contributed by atoms with Crippen molar-refractivity contribution in [3.63, 3.8) is 0 Å². The van der Waals surface area contributed by atoms with Crippen LogP contribution in [-0.2, 0) is 27.2 Å². The van der Waals surface area contributed by atoms with E-state index in [1.165, 1.54) is 17.5 Å². The van der Waals surface area contributed by atoms with E-state index in [0.717, 1.165) is 12.8 Å². The molecule has 0 fully saturated rings. The van der Waals surface area contributed by atoms with Gasteiger partial charge in [0.2, 0.25) is 0 Å². The maximum absolute atomic E-state index is 11.5. The van der Waals surface area contributed by atoms with E-state index in [4.69, 9.17) is 9.47 Å². The highest BCUT2D eigenvalue weighted by Gasteiger charge is 2.12. The lowest BCUT2D eigenvalue weighted by molar-refractivity contribution is -0.143. The Morgan fingerprint density at radius 1 is 1.25 bits per heavy atom. The van der Waals surface area contributed by atoms with Crippen LogP contribution in [0.5, 0.6) is 5.75 Å². The Bertz CT molecular complexity index is 499. The Hall–Kier alpha value is -2.04. The van der Waals surface area contributed by atoms with E-state index in [2.05, 4.69) is 5.32 Å². The minimum absolute atomic E-state index is 0.0990. The quantitative estimate of drug-likeness (QED) is 0.794. The maximum Gasteiger partial charge on any atom is 0.325 e. The molecule has 0 saturated carbocycles. The van der Waals surface area contributed by atoms with Crippen LogP contribution in [-0.4, -0.2) is 31.6 Å². The van der Waals surface area contributed by atoms with Gasteiger partial charge in [-0.1, -0.05) is 6.07 Å². The fourth-order valence-corrected chi connectivity index (χ4v) is 2.22. The summed E-state index contributed by atoms with van der Waals surface area (Å²) in [5, 5.41) is 2.45. The number of ether oxygens (including phenoxy) is 2. The second-order valence-electron chi connectivity index (χ2n) is 4.65. The number of rotatable bonds is 6. The summed E-state index contributed by atoms with van der Waals surface area (Å²) in [5.74, 6) is -0.0890. The summed E-state index contributed by atoms with van der Waals surface area (Å²) in [6.45, 7) is 1.80. The first-order valence-corrected chi connectivity index (χ1v) is 6.86. The molecule has 0 radical (unpaired) electrons. The van der Waals surface area contributed by atoms with Crippen molar-refractivity contribution in [3.8, 4) is 5.75 Å².